The smallest absolute Gasteiger partial charge is 0.243 e. The second kappa shape index (κ2) is 5.41. The van der Waals surface area contributed by atoms with E-state index in [4.69, 9.17) is 9.26 Å². The van der Waals surface area contributed by atoms with Gasteiger partial charge in [0.25, 0.3) is 0 Å². The lowest BCUT2D eigenvalue weighted by atomic mass is 10.1. The lowest BCUT2D eigenvalue weighted by Crippen LogP contribution is -2.22. The molecule has 0 aliphatic carbocycles. The number of nitrogens with one attached hydrogen (secondary N) is 1. The summed E-state index contributed by atoms with van der Waals surface area (Å²) in [6, 6.07) is 0.0776. The molecule has 0 saturated heterocycles. The molecule has 0 saturated carbocycles. The van der Waals surface area contributed by atoms with E-state index in [0.29, 0.717) is 11.7 Å². The number of hydrogen-bond donors (Lipinski definition) is 1. The molecule has 1 N–H and O–H groups in total. The number of aromatic nitrogens is 2. The molecule has 0 aromatic carbocycles. The molecule has 1 aromatic rings. The SMILES string of the molecule is CCCNC(C)c1nc(C(C)(C)OC)no1. The molecule has 16 heavy (non-hydrogen) atoms. The molecule has 0 aliphatic heterocycles. The zero-order valence-electron chi connectivity index (χ0n) is 10.7. The van der Waals surface area contributed by atoms with Crippen LogP contribution < -0.4 is 5.32 Å². The highest BCUT2D eigenvalue weighted by molar-refractivity contribution is 4.99. The van der Waals surface area contributed by atoms with Gasteiger partial charge in [-0.15, -0.1) is 0 Å². The second-order valence-corrected chi connectivity index (χ2v) is 4.35. The van der Waals surface area contributed by atoms with Crippen LogP contribution in [0.5, 0.6) is 0 Å². The summed E-state index contributed by atoms with van der Waals surface area (Å²) in [5.74, 6) is 1.18. The van der Waals surface area contributed by atoms with Crippen molar-refractivity contribution in [1.82, 2.24) is 15.5 Å². The number of nitrogens with zero attached hydrogens (tertiary/aromatic N) is 2. The van der Waals surface area contributed by atoms with Crippen LogP contribution in [0.15, 0.2) is 4.52 Å². The Hall–Kier alpha value is -0.940. The number of ether oxygens (including phenoxy) is 1. The van der Waals surface area contributed by atoms with Gasteiger partial charge in [-0.2, -0.15) is 4.98 Å². The van der Waals surface area contributed by atoms with Crippen molar-refractivity contribution in [2.45, 2.75) is 45.8 Å². The highest BCUT2D eigenvalue weighted by Gasteiger charge is 2.27. The molecule has 1 unspecified atom stereocenters. The summed E-state index contributed by atoms with van der Waals surface area (Å²) in [4.78, 5) is 4.34. The van der Waals surface area contributed by atoms with Gasteiger partial charge in [0, 0.05) is 7.11 Å². The summed E-state index contributed by atoms with van der Waals surface area (Å²) in [7, 11) is 1.63. The zero-order chi connectivity index (χ0) is 12.2. The van der Waals surface area contributed by atoms with Crippen molar-refractivity contribution in [1.29, 1.82) is 0 Å². The molecular formula is C11H21N3O2. The van der Waals surface area contributed by atoms with Crippen LogP contribution in [0.1, 0.15) is 51.9 Å². The third kappa shape index (κ3) is 3.02. The number of hydrogen-bond acceptors (Lipinski definition) is 5. The Kier molecular flexibility index (Phi) is 4.44. The standard InChI is InChI=1S/C11H21N3O2/c1-6-7-12-8(2)9-13-10(14-16-9)11(3,4)15-5/h8,12H,6-7H2,1-5H3. The van der Waals surface area contributed by atoms with Gasteiger partial charge in [-0.25, -0.2) is 0 Å². The third-order valence-electron chi connectivity index (χ3n) is 2.56. The fourth-order valence-electron chi connectivity index (χ4n) is 1.20. The van der Waals surface area contributed by atoms with Gasteiger partial charge in [0.2, 0.25) is 11.7 Å². The highest BCUT2D eigenvalue weighted by atomic mass is 16.5. The Morgan fingerprint density at radius 1 is 1.50 bits per heavy atom. The van der Waals surface area contributed by atoms with E-state index in [1.807, 2.05) is 20.8 Å². The van der Waals surface area contributed by atoms with Crippen molar-refractivity contribution < 1.29 is 9.26 Å². The molecule has 5 nitrogen and oxygen atoms in total. The van der Waals surface area contributed by atoms with Crippen LogP contribution in [-0.4, -0.2) is 23.8 Å². The summed E-state index contributed by atoms with van der Waals surface area (Å²) >= 11 is 0. The van der Waals surface area contributed by atoms with E-state index in [9.17, 15) is 0 Å². The van der Waals surface area contributed by atoms with Crippen LogP contribution in [-0.2, 0) is 10.3 Å². The molecule has 0 spiro atoms. The van der Waals surface area contributed by atoms with E-state index in [1.54, 1.807) is 7.11 Å². The zero-order valence-corrected chi connectivity index (χ0v) is 10.7. The van der Waals surface area contributed by atoms with Gasteiger partial charge in [-0.05, 0) is 33.7 Å². The van der Waals surface area contributed by atoms with Gasteiger partial charge in [0.05, 0.1) is 6.04 Å². The predicted octanol–water partition coefficient (Wildman–Crippen LogP) is 2.01. The van der Waals surface area contributed by atoms with Gasteiger partial charge >= 0.3 is 0 Å². The van der Waals surface area contributed by atoms with Gasteiger partial charge in [0.1, 0.15) is 5.60 Å². The van der Waals surface area contributed by atoms with Gasteiger partial charge in [-0.1, -0.05) is 12.1 Å². The van der Waals surface area contributed by atoms with Crippen molar-refractivity contribution in [3.63, 3.8) is 0 Å². The normalized spacial score (nSPS) is 14.1. The van der Waals surface area contributed by atoms with E-state index in [0.717, 1.165) is 13.0 Å². The van der Waals surface area contributed by atoms with Gasteiger partial charge in [-0.3, -0.25) is 0 Å². The summed E-state index contributed by atoms with van der Waals surface area (Å²) < 4.78 is 10.5. The summed E-state index contributed by atoms with van der Waals surface area (Å²) in [5.41, 5.74) is -0.508. The van der Waals surface area contributed by atoms with Gasteiger partial charge < -0.3 is 14.6 Å². The maximum absolute atomic E-state index is 5.29. The molecular weight excluding hydrogens is 206 g/mol. The van der Waals surface area contributed by atoms with E-state index in [2.05, 4.69) is 22.4 Å². The first-order chi connectivity index (χ1) is 7.51. The molecule has 92 valence electrons. The molecule has 0 radical (unpaired) electrons. The van der Waals surface area contributed by atoms with Gasteiger partial charge in [0.15, 0.2) is 0 Å². The van der Waals surface area contributed by atoms with Crippen LogP contribution in [0, 0.1) is 0 Å². The second-order valence-electron chi connectivity index (χ2n) is 4.35. The van der Waals surface area contributed by atoms with E-state index >= 15 is 0 Å². The lowest BCUT2D eigenvalue weighted by molar-refractivity contribution is 0.00973. The topological polar surface area (TPSA) is 60.2 Å². The fourth-order valence-corrected chi connectivity index (χ4v) is 1.20. The van der Waals surface area contributed by atoms with Crippen LogP contribution in [0.25, 0.3) is 0 Å². The van der Waals surface area contributed by atoms with Crippen LogP contribution in [0.2, 0.25) is 0 Å². The molecule has 0 amide bonds. The average molecular weight is 227 g/mol. The maximum Gasteiger partial charge on any atom is 0.243 e. The molecule has 5 heteroatoms. The van der Waals surface area contributed by atoms with Crippen molar-refractivity contribution in [2.24, 2.45) is 0 Å². The van der Waals surface area contributed by atoms with Crippen LogP contribution in [0.3, 0.4) is 0 Å². The average Bonchev–Trinajstić information content (AvgIpc) is 2.75. The summed E-state index contributed by atoms with van der Waals surface area (Å²) in [6.45, 7) is 8.88. The molecule has 1 atom stereocenters. The first-order valence-corrected chi connectivity index (χ1v) is 5.64. The minimum atomic E-state index is -0.508. The minimum Gasteiger partial charge on any atom is -0.371 e. The molecule has 1 heterocycles. The molecule has 0 bridgehead atoms. The van der Waals surface area contributed by atoms with Crippen molar-refractivity contribution in [2.75, 3.05) is 13.7 Å². The molecule has 0 fully saturated rings. The lowest BCUT2D eigenvalue weighted by Gasteiger charge is -2.17. The fraction of sp³-hybridized carbons (Fsp3) is 0.818. The quantitative estimate of drug-likeness (QED) is 0.805. The Morgan fingerprint density at radius 3 is 2.75 bits per heavy atom. The highest BCUT2D eigenvalue weighted by Crippen LogP contribution is 2.22. The third-order valence-corrected chi connectivity index (χ3v) is 2.56. The van der Waals surface area contributed by atoms with Crippen molar-refractivity contribution in [3.05, 3.63) is 11.7 Å². The number of methoxy groups -OCH3 is 1. The minimum absolute atomic E-state index is 0.0776. The first-order valence-electron chi connectivity index (χ1n) is 5.64. The maximum atomic E-state index is 5.29. The Labute approximate surface area is 96.6 Å². The van der Waals surface area contributed by atoms with Crippen molar-refractivity contribution in [3.8, 4) is 0 Å². The predicted molar refractivity (Wildman–Crippen MR) is 61.0 cm³/mol. The molecule has 1 rings (SSSR count). The van der Waals surface area contributed by atoms with E-state index in [1.165, 1.54) is 0 Å². The Morgan fingerprint density at radius 2 is 2.19 bits per heavy atom. The molecule has 1 aromatic heterocycles. The Balaban J connectivity index is 2.71. The largest absolute Gasteiger partial charge is 0.371 e. The summed E-state index contributed by atoms with van der Waals surface area (Å²) in [5, 5.41) is 7.23. The van der Waals surface area contributed by atoms with Crippen molar-refractivity contribution >= 4 is 0 Å². The Bertz CT molecular complexity index is 323. The van der Waals surface area contributed by atoms with E-state index < -0.39 is 5.60 Å². The van der Waals surface area contributed by atoms with Crippen LogP contribution in [0.4, 0.5) is 0 Å². The monoisotopic (exact) mass is 227 g/mol. The van der Waals surface area contributed by atoms with Crippen LogP contribution >= 0.6 is 0 Å². The summed E-state index contributed by atoms with van der Waals surface area (Å²) in [6.07, 6.45) is 1.08. The molecule has 0 aliphatic rings. The first kappa shape index (κ1) is 13.1. The van der Waals surface area contributed by atoms with E-state index in [-0.39, 0.29) is 6.04 Å². The number of rotatable bonds is 6.